The van der Waals surface area contributed by atoms with Crippen LogP contribution in [-0.2, 0) is 0 Å². The predicted molar refractivity (Wildman–Crippen MR) is 93.6 cm³/mol. The first kappa shape index (κ1) is 19.2. The second-order valence-corrected chi connectivity index (χ2v) is 5.84. The van der Waals surface area contributed by atoms with E-state index in [9.17, 15) is 4.39 Å². The molecular formula is C17H29FN4O. The van der Waals surface area contributed by atoms with Gasteiger partial charge in [-0.25, -0.2) is 4.39 Å². The van der Waals surface area contributed by atoms with E-state index < -0.39 is 0 Å². The summed E-state index contributed by atoms with van der Waals surface area (Å²) in [5.41, 5.74) is 0. The summed E-state index contributed by atoms with van der Waals surface area (Å²) in [5.74, 6) is 0.965. The molecule has 0 aromatic heterocycles. The van der Waals surface area contributed by atoms with Crippen LogP contribution in [0.25, 0.3) is 0 Å². The van der Waals surface area contributed by atoms with Gasteiger partial charge in [0.15, 0.2) is 5.96 Å². The van der Waals surface area contributed by atoms with Crippen LogP contribution in [0.2, 0.25) is 0 Å². The van der Waals surface area contributed by atoms with Gasteiger partial charge in [-0.15, -0.1) is 0 Å². The molecule has 23 heavy (non-hydrogen) atoms. The number of halogens is 1. The third-order valence-electron chi connectivity index (χ3n) is 3.55. The monoisotopic (exact) mass is 324 g/mol. The highest BCUT2D eigenvalue weighted by molar-refractivity contribution is 5.79. The second-order valence-electron chi connectivity index (χ2n) is 5.84. The number of nitrogens with zero attached hydrogens (tertiary/aromatic N) is 2. The van der Waals surface area contributed by atoms with E-state index in [1.54, 1.807) is 19.2 Å². The highest BCUT2D eigenvalue weighted by atomic mass is 19.1. The van der Waals surface area contributed by atoms with Crippen molar-refractivity contribution in [2.24, 2.45) is 4.99 Å². The summed E-state index contributed by atoms with van der Waals surface area (Å²) in [6, 6.07) is 6.68. The largest absolute Gasteiger partial charge is 0.489 e. The summed E-state index contributed by atoms with van der Waals surface area (Å²) in [4.78, 5) is 6.44. The number of hydrogen-bond donors (Lipinski definition) is 2. The van der Waals surface area contributed by atoms with Crippen molar-refractivity contribution in [3.63, 3.8) is 0 Å². The van der Waals surface area contributed by atoms with Crippen molar-refractivity contribution < 1.29 is 9.13 Å². The smallest absolute Gasteiger partial charge is 0.191 e. The summed E-state index contributed by atoms with van der Waals surface area (Å²) < 4.78 is 18.8. The highest BCUT2D eigenvalue weighted by Gasteiger charge is 2.07. The lowest BCUT2D eigenvalue weighted by Gasteiger charge is -2.22. The number of likely N-dealkylation sites (N-methyl/N-ethyl adjacent to an activating group) is 1. The van der Waals surface area contributed by atoms with Gasteiger partial charge in [-0.05, 0) is 40.0 Å². The molecule has 6 heteroatoms. The molecule has 2 N–H and O–H groups in total. The first-order chi connectivity index (χ1) is 10.9. The van der Waals surface area contributed by atoms with Crippen LogP contribution in [0.15, 0.2) is 29.3 Å². The molecular weight excluding hydrogens is 295 g/mol. The van der Waals surface area contributed by atoms with Crippen LogP contribution >= 0.6 is 0 Å². The summed E-state index contributed by atoms with van der Waals surface area (Å²) in [6.45, 7) is 8.59. The van der Waals surface area contributed by atoms with Crippen LogP contribution in [0, 0.1) is 5.82 Å². The first-order valence-electron chi connectivity index (χ1n) is 7.99. The van der Waals surface area contributed by atoms with E-state index in [1.807, 2.05) is 6.92 Å². The number of ether oxygens (including phenoxy) is 1. The van der Waals surface area contributed by atoms with Gasteiger partial charge in [-0.1, -0.05) is 6.07 Å². The van der Waals surface area contributed by atoms with E-state index in [0.717, 1.165) is 19.0 Å². The lowest BCUT2D eigenvalue weighted by molar-refractivity contribution is 0.223. The van der Waals surface area contributed by atoms with Crippen LogP contribution in [0.1, 0.15) is 20.8 Å². The van der Waals surface area contributed by atoms with Crippen molar-refractivity contribution in [2.75, 3.05) is 33.7 Å². The Morgan fingerprint density at radius 3 is 2.65 bits per heavy atom. The van der Waals surface area contributed by atoms with E-state index in [0.29, 0.717) is 18.3 Å². The predicted octanol–water partition coefficient (Wildman–Crippen LogP) is 2.10. The van der Waals surface area contributed by atoms with Crippen LogP contribution in [0.3, 0.4) is 0 Å². The van der Waals surface area contributed by atoms with Gasteiger partial charge >= 0.3 is 0 Å². The molecule has 0 aliphatic heterocycles. The molecule has 0 aliphatic carbocycles. The summed E-state index contributed by atoms with van der Waals surface area (Å²) in [7, 11) is 3.83. The molecule has 0 aliphatic rings. The Balaban J connectivity index is 2.31. The number of rotatable bonds is 8. The lowest BCUT2D eigenvalue weighted by Crippen LogP contribution is -2.44. The molecule has 0 saturated carbocycles. The van der Waals surface area contributed by atoms with E-state index in [2.05, 4.69) is 41.4 Å². The topological polar surface area (TPSA) is 48.9 Å². The maximum absolute atomic E-state index is 13.1. The average Bonchev–Trinajstić information content (AvgIpc) is 2.50. The van der Waals surface area contributed by atoms with Gasteiger partial charge in [0.05, 0.1) is 6.54 Å². The zero-order chi connectivity index (χ0) is 17.2. The molecule has 130 valence electrons. The van der Waals surface area contributed by atoms with Crippen molar-refractivity contribution in [1.29, 1.82) is 0 Å². The fourth-order valence-electron chi connectivity index (χ4n) is 1.88. The number of benzene rings is 1. The lowest BCUT2D eigenvalue weighted by atomic mass is 10.3. The van der Waals surface area contributed by atoms with Gasteiger partial charge in [0, 0.05) is 32.2 Å². The maximum Gasteiger partial charge on any atom is 0.191 e. The first-order valence-corrected chi connectivity index (χ1v) is 7.99. The molecule has 1 atom stereocenters. The quantitative estimate of drug-likeness (QED) is 0.568. The van der Waals surface area contributed by atoms with Crippen LogP contribution < -0.4 is 15.4 Å². The van der Waals surface area contributed by atoms with Crippen molar-refractivity contribution in [3.8, 4) is 5.75 Å². The number of aliphatic imine (C=N–C) groups is 1. The van der Waals surface area contributed by atoms with Gasteiger partial charge in [-0.3, -0.25) is 4.99 Å². The van der Waals surface area contributed by atoms with Gasteiger partial charge in [-0.2, -0.15) is 0 Å². The molecule has 0 amide bonds. The van der Waals surface area contributed by atoms with E-state index in [-0.39, 0.29) is 11.9 Å². The van der Waals surface area contributed by atoms with Gasteiger partial charge in [0.2, 0.25) is 0 Å². The number of guanidine groups is 1. The van der Waals surface area contributed by atoms with E-state index >= 15 is 0 Å². The highest BCUT2D eigenvalue weighted by Crippen LogP contribution is 2.13. The molecule has 0 spiro atoms. The summed E-state index contributed by atoms with van der Waals surface area (Å²) in [5, 5.41) is 6.47. The van der Waals surface area contributed by atoms with Crippen molar-refractivity contribution in [3.05, 3.63) is 30.1 Å². The summed E-state index contributed by atoms with van der Waals surface area (Å²) in [6.07, 6.45) is -0.103. The number of nitrogens with one attached hydrogen (secondary N) is 2. The maximum atomic E-state index is 13.1. The zero-order valence-corrected chi connectivity index (χ0v) is 14.8. The molecule has 0 fully saturated rings. The Morgan fingerprint density at radius 1 is 1.30 bits per heavy atom. The molecule has 1 rings (SSSR count). The molecule has 0 saturated heterocycles. The Kier molecular flexibility index (Phi) is 8.40. The Morgan fingerprint density at radius 2 is 2.04 bits per heavy atom. The Hall–Kier alpha value is -1.82. The third kappa shape index (κ3) is 7.83. The van der Waals surface area contributed by atoms with Crippen LogP contribution in [-0.4, -0.2) is 56.7 Å². The molecule has 0 radical (unpaired) electrons. The molecule has 5 nitrogen and oxygen atoms in total. The standard InChI is InChI=1S/C17H29FN4O/c1-13(2)22(5)10-9-20-17(19-4)21-12-14(3)23-16-8-6-7-15(18)11-16/h6-8,11,13-14H,9-10,12H2,1-5H3,(H2,19,20,21). The fraction of sp³-hybridized carbons (Fsp3) is 0.588. The Labute approximate surface area is 138 Å². The summed E-state index contributed by atoms with van der Waals surface area (Å²) >= 11 is 0. The minimum Gasteiger partial charge on any atom is -0.489 e. The molecule has 1 aromatic carbocycles. The van der Waals surface area contributed by atoms with Crippen LogP contribution in [0.4, 0.5) is 4.39 Å². The minimum atomic E-state index is -0.297. The van der Waals surface area contributed by atoms with E-state index in [1.165, 1.54) is 12.1 Å². The molecule has 1 unspecified atom stereocenters. The van der Waals surface area contributed by atoms with Gasteiger partial charge < -0.3 is 20.3 Å². The molecule has 1 aromatic rings. The number of hydrogen-bond acceptors (Lipinski definition) is 3. The van der Waals surface area contributed by atoms with Gasteiger partial charge in [0.1, 0.15) is 17.7 Å². The van der Waals surface area contributed by atoms with Gasteiger partial charge in [0.25, 0.3) is 0 Å². The van der Waals surface area contributed by atoms with Crippen molar-refractivity contribution in [2.45, 2.75) is 32.9 Å². The van der Waals surface area contributed by atoms with Crippen molar-refractivity contribution >= 4 is 5.96 Å². The zero-order valence-electron chi connectivity index (χ0n) is 14.8. The second kappa shape index (κ2) is 10.0. The molecule has 0 bridgehead atoms. The fourth-order valence-corrected chi connectivity index (χ4v) is 1.88. The van der Waals surface area contributed by atoms with Crippen molar-refractivity contribution in [1.82, 2.24) is 15.5 Å². The minimum absolute atomic E-state index is 0.103. The average molecular weight is 324 g/mol. The third-order valence-corrected chi connectivity index (χ3v) is 3.55. The normalized spacial score (nSPS) is 13.3. The van der Waals surface area contributed by atoms with E-state index in [4.69, 9.17) is 4.74 Å². The Bertz CT molecular complexity index is 493. The molecule has 0 heterocycles. The van der Waals surface area contributed by atoms with Crippen LogP contribution in [0.5, 0.6) is 5.75 Å². The SMILES string of the molecule is CN=C(NCCN(C)C(C)C)NCC(C)Oc1cccc(F)c1.